The molecule has 1 aromatic carbocycles. The maximum Gasteiger partial charge on any atom is 0.107 e. The summed E-state index contributed by atoms with van der Waals surface area (Å²) in [5, 5.41) is 12.2. The maximum atomic E-state index is 9.00. The summed E-state index contributed by atoms with van der Waals surface area (Å²) in [6.45, 7) is 4.08. The molecule has 4 N–H and O–H groups in total. The predicted molar refractivity (Wildman–Crippen MR) is 82.4 cm³/mol. The van der Waals surface area contributed by atoms with E-state index in [0.717, 1.165) is 16.1 Å². The number of aliphatic hydroxyl groups is 1. The van der Waals surface area contributed by atoms with Crippen LogP contribution in [0.1, 0.15) is 25.0 Å². The minimum Gasteiger partial charge on any atom is -0.395 e. The topological polar surface area (TPSA) is 58.3 Å². The molecule has 102 valence electrons. The molecule has 0 bridgehead atoms. The second-order valence-corrected chi connectivity index (χ2v) is 4.84. The highest BCUT2D eigenvalue weighted by atomic mass is 35.5. The summed E-state index contributed by atoms with van der Waals surface area (Å²) < 4.78 is 0. The van der Waals surface area contributed by atoms with Crippen molar-refractivity contribution < 1.29 is 5.11 Å². The van der Waals surface area contributed by atoms with Crippen molar-refractivity contribution in [3.05, 3.63) is 35.4 Å². The molecule has 0 heterocycles. The van der Waals surface area contributed by atoms with Crippen LogP contribution in [0.4, 0.5) is 0 Å². The normalized spacial score (nSPS) is 11.8. The second kappa shape index (κ2) is 8.43. The largest absolute Gasteiger partial charge is 0.395 e. The van der Waals surface area contributed by atoms with E-state index in [-0.39, 0.29) is 25.1 Å². The molecule has 1 rings (SSSR count). The zero-order valence-corrected chi connectivity index (χ0v) is 12.4. The summed E-state index contributed by atoms with van der Waals surface area (Å²) in [6.07, 6.45) is 0.632. The van der Waals surface area contributed by atoms with Gasteiger partial charge in [0.05, 0.1) is 6.61 Å². The molecule has 18 heavy (non-hydrogen) atoms. The lowest BCUT2D eigenvalue weighted by molar-refractivity contribution is 0.265. The van der Waals surface area contributed by atoms with Gasteiger partial charge in [-0.2, -0.15) is 0 Å². The van der Waals surface area contributed by atoms with E-state index in [2.05, 4.69) is 5.32 Å². The molecule has 0 unspecified atom stereocenters. The van der Waals surface area contributed by atoms with Crippen LogP contribution in [0.5, 0.6) is 0 Å². The van der Waals surface area contributed by atoms with Crippen molar-refractivity contribution in [1.82, 2.24) is 5.32 Å². The van der Waals surface area contributed by atoms with Gasteiger partial charge in [0.2, 0.25) is 0 Å². The average molecular weight is 289 g/mol. The summed E-state index contributed by atoms with van der Waals surface area (Å²) in [5.74, 6) is 0. The molecule has 5 heteroatoms. The van der Waals surface area contributed by atoms with Crippen LogP contribution in [-0.2, 0) is 6.42 Å². The number of halogens is 1. The van der Waals surface area contributed by atoms with Gasteiger partial charge in [0.25, 0.3) is 0 Å². The van der Waals surface area contributed by atoms with E-state index in [1.807, 2.05) is 38.1 Å². The van der Waals surface area contributed by atoms with Crippen LogP contribution < -0.4 is 11.1 Å². The van der Waals surface area contributed by atoms with Crippen molar-refractivity contribution in [3.8, 4) is 0 Å². The summed E-state index contributed by atoms with van der Waals surface area (Å²) in [5.41, 5.74) is 7.84. The smallest absolute Gasteiger partial charge is 0.107 e. The zero-order chi connectivity index (χ0) is 12.8. The van der Waals surface area contributed by atoms with Crippen LogP contribution >= 0.6 is 24.6 Å². The summed E-state index contributed by atoms with van der Waals surface area (Å²) in [4.78, 5) is 0.737. The van der Waals surface area contributed by atoms with Crippen molar-refractivity contribution in [2.45, 2.75) is 32.4 Å². The molecule has 0 aliphatic heterocycles. The van der Waals surface area contributed by atoms with Gasteiger partial charge in [0.15, 0.2) is 0 Å². The van der Waals surface area contributed by atoms with Crippen LogP contribution in [0, 0.1) is 0 Å². The Morgan fingerprint density at radius 2 is 2.00 bits per heavy atom. The lowest BCUT2D eigenvalue weighted by Gasteiger charge is -2.16. The number of hydrogen-bond donors (Lipinski definition) is 3. The minimum absolute atomic E-state index is 0. The molecule has 0 fully saturated rings. The van der Waals surface area contributed by atoms with Crippen LogP contribution in [0.3, 0.4) is 0 Å². The highest BCUT2D eigenvalue weighted by molar-refractivity contribution is 7.80. The third kappa shape index (κ3) is 5.31. The lowest BCUT2D eigenvalue weighted by Crippen LogP contribution is -2.32. The van der Waals surface area contributed by atoms with E-state index in [0.29, 0.717) is 12.5 Å². The van der Waals surface area contributed by atoms with Gasteiger partial charge in [-0.05, 0) is 25.8 Å². The number of rotatable bonds is 5. The molecule has 1 aromatic rings. The molecule has 0 saturated carbocycles. The van der Waals surface area contributed by atoms with Crippen molar-refractivity contribution in [2.24, 2.45) is 5.73 Å². The molecular formula is C13H21ClN2OS. The highest BCUT2D eigenvalue weighted by Gasteiger charge is 2.10. The summed E-state index contributed by atoms with van der Waals surface area (Å²) in [7, 11) is 0. The Morgan fingerprint density at radius 1 is 1.39 bits per heavy atom. The van der Waals surface area contributed by atoms with E-state index in [9.17, 15) is 0 Å². The third-order valence-corrected chi connectivity index (χ3v) is 2.74. The quantitative estimate of drug-likeness (QED) is 0.721. The molecule has 1 atom stereocenters. The van der Waals surface area contributed by atoms with Crippen molar-refractivity contribution >= 4 is 29.6 Å². The van der Waals surface area contributed by atoms with Gasteiger partial charge < -0.3 is 16.2 Å². The molecular weight excluding hydrogens is 268 g/mol. The monoisotopic (exact) mass is 288 g/mol. The molecule has 0 saturated heterocycles. The fraction of sp³-hybridized carbons (Fsp3) is 0.462. The average Bonchev–Trinajstić information content (AvgIpc) is 2.28. The van der Waals surface area contributed by atoms with Gasteiger partial charge in [-0.3, -0.25) is 0 Å². The Kier molecular flexibility index (Phi) is 8.11. The Bertz CT molecular complexity index is 385. The number of thiocarbonyl (C=S) groups is 1. The predicted octanol–water partition coefficient (Wildman–Crippen LogP) is 1.64. The number of nitrogens with one attached hydrogen (secondary N) is 1. The van der Waals surface area contributed by atoms with Crippen LogP contribution in [0.25, 0.3) is 0 Å². The summed E-state index contributed by atoms with van der Waals surface area (Å²) >= 11 is 5.36. The SMILES string of the molecule is CC(C)NC(=S)c1ccccc1C[C@H](N)CO.Cl. The molecule has 0 amide bonds. The van der Waals surface area contributed by atoms with Gasteiger partial charge in [0, 0.05) is 17.6 Å². The number of aliphatic hydroxyl groups excluding tert-OH is 1. The Morgan fingerprint density at radius 3 is 2.56 bits per heavy atom. The van der Waals surface area contributed by atoms with Gasteiger partial charge in [0.1, 0.15) is 4.99 Å². The molecule has 0 aromatic heterocycles. The Balaban J connectivity index is 0.00000289. The number of benzene rings is 1. The van der Waals surface area contributed by atoms with Crippen molar-refractivity contribution in [1.29, 1.82) is 0 Å². The van der Waals surface area contributed by atoms with Gasteiger partial charge in [-0.25, -0.2) is 0 Å². The third-order valence-electron chi connectivity index (χ3n) is 2.40. The molecule has 0 spiro atoms. The van der Waals surface area contributed by atoms with E-state index >= 15 is 0 Å². The first kappa shape index (κ1) is 17.3. The number of nitrogens with two attached hydrogens (primary N) is 1. The first-order valence-corrected chi connectivity index (χ1v) is 6.20. The van der Waals surface area contributed by atoms with Crippen molar-refractivity contribution in [3.63, 3.8) is 0 Å². The molecule has 0 aliphatic rings. The fourth-order valence-corrected chi connectivity index (χ4v) is 2.04. The highest BCUT2D eigenvalue weighted by Crippen LogP contribution is 2.11. The van der Waals surface area contributed by atoms with Crippen LogP contribution in [-0.4, -0.2) is 28.8 Å². The minimum atomic E-state index is -0.238. The van der Waals surface area contributed by atoms with E-state index in [4.69, 9.17) is 23.1 Å². The fourth-order valence-electron chi connectivity index (χ4n) is 1.61. The molecule has 0 aliphatic carbocycles. The van der Waals surface area contributed by atoms with E-state index in [1.165, 1.54) is 0 Å². The molecule has 0 radical (unpaired) electrons. The van der Waals surface area contributed by atoms with E-state index in [1.54, 1.807) is 0 Å². The Hall–Kier alpha value is -0.680. The van der Waals surface area contributed by atoms with Crippen LogP contribution in [0.15, 0.2) is 24.3 Å². The maximum absolute atomic E-state index is 9.00. The Labute approximate surface area is 120 Å². The van der Waals surface area contributed by atoms with Gasteiger partial charge in [-0.15, -0.1) is 12.4 Å². The first-order chi connectivity index (χ1) is 8.04. The van der Waals surface area contributed by atoms with Gasteiger partial charge >= 0.3 is 0 Å². The second-order valence-electron chi connectivity index (χ2n) is 4.43. The van der Waals surface area contributed by atoms with Gasteiger partial charge in [-0.1, -0.05) is 36.5 Å². The zero-order valence-electron chi connectivity index (χ0n) is 10.7. The molecule has 3 nitrogen and oxygen atoms in total. The van der Waals surface area contributed by atoms with Crippen LogP contribution in [0.2, 0.25) is 0 Å². The summed E-state index contributed by atoms with van der Waals surface area (Å²) in [6, 6.07) is 7.97. The first-order valence-electron chi connectivity index (χ1n) is 5.79. The number of hydrogen-bond acceptors (Lipinski definition) is 3. The van der Waals surface area contributed by atoms with Crippen molar-refractivity contribution in [2.75, 3.05) is 6.61 Å². The standard InChI is InChI=1S/C13H20N2OS.ClH/c1-9(2)15-13(17)12-6-4-3-5-10(12)7-11(14)8-16;/h3-6,9,11,16H,7-8,14H2,1-2H3,(H,15,17);1H/t11-;/m0./s1. The van der Waals surface area contributed by atoms with E-state index < -0.39 is 0 Å². The lowest BCUT2D eigenvalue weighted by atomic mass is 10.0.